The lowest BCUT2D eigenvalue weighted by Gasteiger charge is -2.37. The van der Waals surface area contributed by atoms with Crippen molar-refractivity contribution in [3.63, 3.8) is 0 Å². The molecule has 10 rings (SSSR count). The van der Waals surface area contributed by atoms with Crippen molar-refractivity contribution in [2.75, 3.05) is 0 Å². The standard InChI is InChI=1S/C50H36/c1-2-14-37-32-38(29-24-33(37)12-1)50-47-21-9-7-19-45(47)49(46-20-8-10-22-48(46)50)36-27-25-35(26-28-36)40-30-31-44(43-18-6-5-17-41(40)43)42-23-11-15-34-13-3-4-16-39(34)42/h1-23,25-33,45,49H,24H2. The molecule has 0 aromatic heterocycles. The monoisotopic (exact) mass is 636 g/mol. The van der Waals surface area contributed by atoms with Gasteiger partial charge in [0.2, 0.25) is 0 Å². The Morgan fingerprint density at radius 3 is 2.08 bits per heavy atom. The highest BCUT2D eigenvalue weighted by atomic mass is 14.4. The molecule has 3 unspecified atom stereocenters. The smallest absolute Gasteiger partial charge is 0.0199 e. The van der Waals surface area contributed by atoms with Crippen molar-refractivity contribution >= 4 is 27.1 Å². The summed E-state index contributed by atoms with van der Waals surface area (Å²) in [6.45, 7) is 0. The highest BCUT2D eigenvalue weighted by Crippen LogP contribution is 2.51. The number of allylic oxidation sites excluding steroid dienone is 14. The van der Waals surface area contributed by atoms with Gasteiger partial charge in [0.05, 0.1) is 0 Å². The second-order valence-corrected chi connectivity index (χ2v) is 13.9. The molecule has 0 nitrogen and oxygen atoms in total. The lowest BCUT2D eigenvalue weighted by Crippen LogP contribution is -2.23. The van der Waals surface area contributed by atoms with Gasteiger partial charge in [-0.25, -0.2) is 0 Å². The summed E-state index contributed by atoms with van der Waals surface area (Å²) < 4.78 is 0. The zero-order chi connectivity index (χ0) is 33.0. The number of rotatable bonds is 4. The zero-order valence-corrected chi connectivity index (χ0v) is 27.8. The largest absolute Gasteiger partial charge is 0.0767 e. The predicted molar refractivity (Wildman–Crippen MR) is 212 cm³/mol. The molecule has 4 aliphatic carbocycles. The molecule has 50 heavy (non-hydrogen) atoms. The number of hydrogen-bond acceptors (Lipinski definition) is 0. The first-order chi connectivity index (χ1) is 24.8. The van der Waals surface area contributed by atoms with Crippen molar-refractivity contribution in [2.45, 2.75) is 12.3 Å². The van der Waals surface area contributed by atoms with Gasteiger partial charge in [-0.2, -0.15) is 0 Å². The molecule has 0 saturated carbocycles. The van der Waals surface area contributed by atoms with Gasteiger partial charge < -0.3 is 0 Å². The van der Waals surface area contributed by atoms with Gasteiger partial charge in [-0.15, -0.1) is 0 Å². The highest BCUT2D eigenvalue weighted by molar-refractivity contribution is 6.09. The van der Waals surface area contributed by atoms with Crippen molar-refractivity contribution in [3.8, 4) is 22.3 Å². The molecule has 0 heteroatoms. The lowest BCUT2D eigenvalue weighted by molar-refractivity contribution is 0.648. The molecule has 236 valence electrons. The second-order valence-electron chi connectivity index (χ2n) is 13.9. The van der Waals surface area contributed by atoms with Crippen LogP contribution in [0.2, 0.25) is 0 Å². The summed E-state index contributed by atoms with van der Waals surface area (Å²) in [6, 6.07) is 47.4. The predicted octanol–water partition coefficient (Wildman–Crippen LogP) is 13.0. The molecule has 0 amide bonds. The van der Waals surface area contributed by atoms with Crippen LogP contribution in [0.15, 0.2) is 205 Å². The SMILES string of the molecule is C1=CC2=CC(C3=C4C=CC=CC4C(c4ccc(-c5ccc(-c6cccc7ccccc67)c6ccccc56)cc4)c4ccccc43)=CCC2C=C1. The Balaban J connectivity index is 1.05. The topological polar surface area (TPSA) is 0 Å². The fraction of sp³-hybridized carbons (Fsp3) is 0.0800. The van der Waals surface area contributed by atoms with Crippen LogP contribution in [0.25, 0.3) is 49.4 Å². The molecule has 0 N–H and O–H groups in total. The third kappa shape index (κ3) is 4.67. The van der Waals surface area contributed by atoms with Gasteiger partial charge in [-0.05, 0) is 89.2 Å². The van der Waals surface area contributed by atoms with E-state index >= 15 is 0 Å². The van der Waals surface area contributed by atoms with E-state index in [0.717, 1.165) is 6.42 Å². The molecular formula is C50H36. The van der Waals surface area contributed by atoms with Crippen molar-refractivity contribution in [1.29, 1.82) is 0 Å². The third-order valence-corrected chi connectivity index (χ3v) is 11.2. The highest BCUT2D eigenvalue weighted by Gasteiger charge is 2.36. The Labute approximate surface area is 294 Å². The molecule has 0 spiro atoms. The van der Waals surface area contributed by atoms with Gasteiger partial charge in [0, 0.05) is 17.8 Å². The molecule has 0 saturated heterocycles. The van der Waals surface area contributed by atoms with Crippen LogP contribution < -0.4 is 0 Å². The molecule has 0 aliphatic heterocycles. The summed E-state index contributed by atoms with van der Waals surface area (Å²) in [5.74, 6) is 1.01. The fourth-order valence-corrected chi connectivity index (χ4v) is 8.90. The van der Waals surface area contributed by atoms with Gasteiger partial charge in [-0.3, -0.25) is 0 Å². The third-order valence-electron chi connectivity index (χ3n) is 11.2. The van der Waals surface area contributed by atoms with Crippen molar-refractivity contribution in [2.24, 2.45) is 11.8 Å². The van der Waals surface area contributed by atoms with Crippen molar-refractivity contribution < 1.29 is 0 Å². The maximum Gasteiger partial charge on any atom is 0.0199 e. The molecule has 0 bridgehead atoms. The Kier molecular flexibility index (Phi) is 6.88. The molecular weight excluding hydrogens is 601 g/mol. The van der Waals surface area contributed by atoms with E-state index in [1.807, 2.05) is 0 Å². The Bertz CT molecular complexity index is 2550. The van der Waals surface area contributed by atoms with Gasteiger partial charge in [0.15, 0.2) is 0 Å². The number of benzene rings is 6. The molecule has 0 heterocycles. The summed E-state index contributed by atoms with van der Waals surface area (Å²) in [4.78, 5) is 0. The molecule has 3 atom stereocenters. The maximum atomic E-state index is 2.46. The van der Waals surface area contributed by atoms with Crippen molar-refractivity contribution in [1.82, 2.24) is 0 Å². The van der Waals surface area contributed by atoms with Gasteiger partial charge in [-0.1, -0.05) is 188 Å². The maximum absolute atomic E-state index is 2.46. The van der Waals surface area contributed by atoms with E-state index in [0.29, 0.717) is 5.92 Å². The minimum Gasteiger partial charge on any atom is -0.0767 e. The summed E-state index contributed by atoms with van der Waals surface area (Å²) in [5, 5.41) is 5.12. The average Bonchev–Trinajstić information content (AvgIpc) is 3.19. The summed E-state index contributed by atoms with van der Waals surface area (Å²) in [6.07, 6.45) is 24.2. The van der Waals surface area contributed by atoms with Crippen LogP contribution in [0, 0.1) is 11.8 Å². The first kappa shape index (κ1) is 29.0. The zero-order valence-electron chi connectivity index (χ0n) is 27.8. The normalized spacial score (nSPS) is 20.4. The summed E-state index contributed by atoms with van der Waals surface area (Å²) in [5.41, 5.74) is 14.8. The Morgan fingerprint density at radius 1 is 0.500 bits per heavy atom. The average molecular weight is 637 g/mol. The Hall–Kier alpha value is -5.98. The minimum atomic E-state index is 0.243. The van der Waals surface area contributed by atoms with Crippen molar-refractivity contribution in [3.05, 3.63) is 222 Å². The van der Waals surface area contributed by atoms with Gasteiger partial charge >= 0.3 is 0 Å². The molecule has 6 aromatic carbocycles. The van der Waals surface area contributed by atoms with E-state index in [4.69, 9.17) is 0 Å². The van der Waals surface area contributed by atoms with Crippen LogP contribution in [0.3, 0.4) is 0 Å². The summed E-state index contributed by atoms with van der Waals surface area (Å²) in [7, 11) is 0. The number of hydrogen-bond donors (Lipinski definition) is 0. The quantitative estimate of drug-likeness (QED) is 0.181. The Morgan fingerprint density at radius 2 is 1.18 bits per heavy atom. The summed E-state index contributed by atoms with van der Waals surface area (Å²) >= 11 is 0. The van der Waals surface area contributed by atoms with E-state index in [-0.39, 0.29) is 11.8 Å². The first-order valence-corrected chi connectivity index (χ1v) is 17.9. The molecule has 0 fully saturated rings. The molecule has 0 radical (unpaired) electrons. The lowest BCUT2D eigenvalue weighted by atomic mass is 9.65. The first-order valence-electron chi connectivity index (χ1n) is 17.9. The van der Waals surface area contributed by atoms with E-state index in [9.17, 15) is 0 Å². The van der Waals surface area contributed by atoms with Crippen LogP contribution in [0.1, 0.15) is 29.0 Å². The van der Waals surface area contributed by atoms with E-state index in [1.54, 1.807) is 0 Å². The minimum absolute atomic E-state index is 0.243. The van der Waals surface area contributed by atoms with Gasteiger partial charge in [0.1, 0.15) is 0 Å². The van der Waals surface area contributed by atoms with Crippen LogP contribution in [-0.2, 0) is 0 Å². The molecule has 6 aromatic rings. The van der Waals surface area contributed by atoms with Crippen LogP contribution in [-0.4, -0.2) is 0 Å². The van der Waals surface area contributed by atoms with E-state index < -0.39 is 0 Å². The van der Waals surface area contributed by atoms with E-state index in [1.165, 1.54) is 82.8 Å². The van der Waals surface area contributed by atoms with Crippen LogP contribution in [0.5, 0.6) is 0 Å². The number of fused-ring (bicyclic) bond motifs is 5. The van der Waals surface area contributed by atoms with Crippen LogP contribution >= 0.6 is 0 Å². The van der Waals surface area contributed by atoms with Gasteiger partial charge in [0.25, 0.3) is 0 Å². The second kappa shape index (κ2) is 11.9. The van der Waals surface area contributed by atoms with E-state index in [2.05, 4.69) is 188 Å². The molecule has 4 aliphatic rings. The fourth-order valence-electron chi connectivity index (χ4n) is 8.90. The van der Waals surface area contributed by atoms with Crippen LogP contribution in [0.4, 0.5) is 0 Å².